The molecular weight excluding hydrogens is 343 g/mol. The predicted molar refractivity (Wildman–Crippen MR) is 107 cm³/mol. The van der Waals surface area contributed by atoms with Crippen molar-refractivity contribution >= 4 is 12.0 Å². The summed E-state index contributed by atoms with van der Waals surface area (Å²) in [5.74, 6) is 2.62. The minimum absolute atomic E-state index is 0.184. The number of nitrogens with zero attached hydrogens (tertiary/aromatic N) is 3. The maximum Gasteiger partial charge on any atom is 0.133 e. The number of aryl methyl sites for hydroxylation is 3. The lowest BCUT2D eigenvalue weighted by Gasteiger charge is -2.09. The molecule has 1 aromatic carbocycles. The van der Waals surface area contributed by atoms with Gasteiger partial charge in [0.15, 0.2) is 0 Å². The maximum absolute atomic E-state index is 12.5. The van der Waals surface area contributed by atoms with Crippen LogP contribution in [0.1, 0.15) is 62.8 Å². The van der Waals surface area contributed by atoms with Gasteiger partial charge in [-0.3, -0.25) is 0 Å². The van der Waals surface area contributed by atoms with Gasteiger partial charge in [-0.1, -0.05) is 13.8 Å². The van der Waals surface area contributed by atoms with Crippen LogP contribution in [-0.2, 0) is 17.6 Å². The summed E-state index contributed by atoms with van der Waals surface area (Å²) in [5, 5.41) is 11.5. The Hall–Kier alpha value is -2.24. The summed E-state index contributed by atoms with van der Waals surface area (Å²) in [6.45, 7) is 6.32. The van der Waals surface area contributed by atoms with Crippen molar-refractivity contribution in [3.05, 3.63) is 41.2 Å². The Morgan fingerprint density at radius 1 is 1.26 bits per heavy atom. The van der Waals surface area contributed by atoms with Gasteiger partial charge in [-0.2, -0.15) is 0 Å². The molecule has 0 bridgehead atoms. The molecule has 0 amide bonds. The van der Waals surface area contributed by atoms with Gasteiger partial charge in [0, 0.05) is 38.0 Å². The summed E-state index contributed by atoms with van der Waals surface area (Å²) in [4.78, 5) is 10.4. The summed E-state index contributed by atoms with van der Waals surface area (Å²) in [6, 6.07) is 5.28. The monoisotopic (exact) mass is 374 g/mol. The molecule has 0 atom stereocenters. The lowest BCUT2D eigenvalue weighted by molar-refractivity contribution is -0.107. The van der Waals surface area contributed by atoms with E-state index in [9.17, 15) is 9.18 Å². The van der Waals surface area contributed by atoms with E-state index in [2.05, 4.69) is 33.9 Å². The normalized spacial score (nSPS) is 13.3. The fraction of sp³-hybridized carbons (Fsp3) is 0.571. The average molecular weight is 375 g/mol. The van der Waals surface area contributed by atoms with Crippen molar-refractivity contribution in [3.8, 4) is 0 Å². The predicted octanol–water partition coefficient (Wildman–Crippen LogP) is 4.51. The molecule has 5 nitrogen and oxygen atoms in total. The zero-order valence-corrected chi connectivity index (χ0v) is 16.8. The minimum Gasteiger partial charge on any atom is -0.388 e. The molecule has 1 aliphatic carbocycles. The molecule has 148 valence electrons. The van der Waals surface area contributed by atoms with E-state index < -0.39 is 0 Å². The van der Waals surface area contributed by atoms with Gasteiger partial charge in [-0.15, -0.1) is 10.2 Å². The van der Waals surface area contributed by atoms with Crippen LogP contribution in [0.5, 0.6) is 0 Å². The molecule has 1 fully saturated rings. The summed E-state index contributed by atoms with van der Waals surface area (Å²) >= 11 is 0. The Kier molecular flexibility index (Phi) is 7.95. The topological polar surface area (TPSA) is 59.8 Å². The van der Waals surface area contributed by atoms with Crippen LogP contribution in [-0.4, -0.2) is 28.1 Å². The Bertz CT molecular complexity index is 738. The second-order valence-electron chi connectivity index (χ2n) is 7.48. The first-order valence-electron chi connectivity index (χ1n) is 9.76. The maximum atomic E-state index is 12.5. The average Bonchev–Trinajstić information content (AvgIpc) is 3.39. The fourth-order valence-electron chi connectivity index (χ4n) is 2.97. The highest BCUT2D eigenvalue weighted by Crippen LogP contribution is 2.37. The van der Waals surface area contributed by atoms with Crippen LogP contribution in [0.2, 0.25) is 0 Å². The van der Waals surface area contributed by atoms with Crippen molar-refractivity contribution in [2.24, 2.45) is 5.92 Å². The quantitative estimate of drug-likeness (QED) is 0.691. The van der Waals surface area contributed by atoms with Crippen molar-refractivity contribution in [2.75, 3.05) is 12.4 Å². The fourth-order valence-corrected chi connectivity index (χ4v) is 2.97. The number of hydrogen-bond donors (Lipinski definition) is 1. The first kappa shape index (κ1) is 21.1. The van der Waals surface area contributed by atoms with E-state index in [0.29, 0.717) is 18.4 Å². The third-order valence-electron chi connectivity index (χ3n) is 4.64. The summed E-state index contributed by atoms with van der Waals surface area (Å²) < 4.78 is 14.7. The molecule has 0 spiro atoms. The van der Waals surface area contributed by atoms with Crippen molar-refractivity contribution in [3.63, 3.8) is 0 Å². The van der Waals surface area contributed by atoms with Crippen molar-refractivity contribution in [1.29, 1.82) is 0 Å². The molecule has 1 heterocycles. The molecule has 2 aromatic rings. The largest absolute Gasteiger partial charge is 0.388 e. The van der Waals surface area contributed by atoms with E-state index in [-0.39, 0.29) is 5.82 Å². The number of benzene rings is 1. The van der Waals surface area contributed by atoms with Gasteiger partial charge in [-0.25, -0.2) is 4.39 Å². The number of rotatable bonds is 8. The summed E-state index contributed by atoms with van der Waals surface area (Å²) in [7, 11) is 1.82. The standard InChI is InChI=1S/C13H21N3O.C8H10FN/c1-10(2)5-8-13-15-14-12(4-3-9-17)16(13)11-6-7-11;1-6-5-7(9)3-4-8(6)10-2/h9-11H,3-8H2,1-2H3;3-5,10H,1-2H3. The second-order valence-corrected chi connectivity index (χ2v) is 7.48. The van der Waals surface area contributed by atoms with Gasteiger partial charge < -0.3 is 14.7 Å². The van der Waals surface area contributed by atoms with Gasteiger partial charge in [-0.05, 0) is 55.9 Å². The highest BCUT2D eigenvalue weighted by atomic mass is 19.1. The van der Waals surface area contributed by atoms with Crippen LogP contribution < -0.4 is 5.32 Å². The molecule has 0 aliphatic heterocycles. The van der Waals surface area contributed by atoms with Crippen molar-refractivity contribution in [2.45, 2.75) is 65.3 Å². The molecular formula is C21H31FN4O. The van der Waals surface area contributed by atoms with Crippen LogP contribution in [0, 0.1) is 18.7 Å². The van der Waals surface area contributed by atoms with Crippen LogP contribution >= 0.6 is 0 Å². The Morgan fingerprint density at radius 3 is 2.44 bits per heavy atom. The van der Waals surface area contributed by atoms with E-state index in [4.69, 9.17) is 0 Å². The van der Waals surface area contributed by atoms with Gasteiger partial charge in [0.2, 0.25) is 0 Å². The Morgan fingerprint density at radius 2 is 1.93 bits per heavy atom. The van der Waals surface area contributed by atoms with Gasteiger partial charge in [0.25, 0.3) is 0 Å². The van der Waals surface area contributed by atoms with Crippen molar-refractivity contribution in [1.82, 2.24) is 14.8 Å². The zero-order valence-electron chi connectivity index (χ0n) is 16.8. The molecule has 0 saturated heterocycles. The van der Waals surface area contributed by atoms with E-state index in [1.54, 1.807) is 6.07 Å². The summed E-state index contributed by atoms with van der Waals surface area (Å²) in [5.41, 5.74) is 1.91. The number of anilines is 1. The smallest absolute Gasteiger partial charge is 0.133 e. The van der Waals surface area contributed by atoms with Crippen LogP contribution in [0.3, 0.4) is 0 Å². The molecule has 1 aromatic heterocycles. The molecule has 1 saturated carbocycles. The molecule has 1 N–H and O–H groups in total. The van der Waals surface area contributed by atoms with Gasteiger partial charge >= 0.3 is 0 Å². The molecule has 0 radical (unpaired) electrons. The van der Waals surface area contributed by atoms with E-state index in [1.165, 1.54) is 25.0 Å². The number of nitrogens with one attached hydrogen (secondary N) is 1. The van der Waals surface area contributed by atoms with E-state index in [1.807, 2.05) is 14.0 Å². The molecule has 6 heteroatoms. The number of carbonyl (C=O) groups is 1. The van der Waals surface area contributed by atoms with Crippen LogP contribution in [0.4, 0.5) is 10.1 Å². The lowest BCUT2D eigenvalue weighted by Crippen LogP contribution is -2.07. The molecule has 0 unspecified atom stereocenters. The van der Waals surface area contributed by atoms with Gasteiger partial charge in [0.05, 0.1) is 0 Å². The number of aromatic nitrogens is 3. The zero-order chi connectivity index (χ0) is 19.8. The number of hydrogen-bond acceptors (Lipinski definition) is 4. The highest BCUT2D eigenvalue weighted by Gasteiger charge is 2.28. The highest BCUT2D eigenvalue weighted by molar-refractivity contribution is 5.50. The van der Waals surface area contributed by atoms with Crippen LogP contribution in [0.15, 0.2) is 18.2 Å². The number of halogens is 1. The number of aldehydes is 1. The first-order valence-corrected chi connectivity index (χ1v) is 9.76. The molecule has 1 aliphatic rings. The molecule has 3 rings (SSSR count). The Labute approximate surface area is 161 Å². The minimum atomic E-state index is -0.184. The van der Waals surface area contributed by atoms with Gasteiger partial charge in [0.1, 0.15) is 23.8 Å². The third-order valence-corrected chi connectivity index (χ3v) is 4.64. The number of carbonyl (C=O) groups excluding carboxylic acids is 1. The Balaban J connectivity index is 0.000000223. The summed E-state index contributed by atoms with van der Waals surface area (Å²) in [6.07, 6.45) is 6.87. The van der Waals surface area contributed by atoms with Crippen LogP contribution in [0.25, 0.3) is 0 Å². The van der Waals surface area contributed by atoms with E-state index >= 15 is 0 Å². The third kappa shape index (κ3) is 6.45. The SMILES string of the molecule is CC(C)CCc1nnc(CCC=O)n1C1CC1.CNc1ccc(F)cc1C. The van der Waals surface area contributed by atoms with E-state index in [0.717, 1.165) is 48.4 Å². The second kappa shape index (κ2) is 10.2. The van der Waals surface area contributed by atoms with Crippen molar-refractivity contribution < 1.29 is 9.18 Å². The molecule has 27 heavy (non-hydrogen) atoms. The lowest BCUT2D eigenvalue weighted by atomic mass is 10.1. The first-order chi connectivity index (χ1) is 13.0.